The highest BCUT2D eigenvalue weighted by molar-refractivity contribution is 7.86. The SMILES string of the molecule is CN(C)S(=O)(=O)N1CCC(Cc2ccnc(-c3cccc(C(=O)O)c3)c2)CC1. The molecule has 7 nitrogen and oxygen atoms in total. The summed E-state index contributed by atoms with van der Waals surface area (Å²) < 4.78 is 27.3. The number of aromatic nitrogens is 1. The second-order valence-corrected chi connectivity index (χ2v) is 9.41. The number of piperidine rings is 1. The van der Waals surface area contributed by atoms with Gasteiger partial charge in [-0.05, 0) is 55.0 Å². The van der Waals surface area contributed by atoms with Gasteiger partial charge >= 0.3 is 5.97 Å². The summed E-state index contributed by atoms with van der Waals surface area (Å²) in [6.45, 7) is 1.06. The van der Waals surface area contributed by atoms with E-state index in [1.807, 2.05) is 18.2 Å². The lowest BCUT2D eigenvalue weighted by Crippen LogP contribution is -2.44. The number of aromatic carboxylic acids is 1. The molecule has 3 rings (SSSR count). The molecule has 0 aliphatic carbocycles. The first-order valence-corrected chi connectivity index (χ1v) is 10.6. The molecule has 1 aliphatic heterocycles. The maximum Gasteiger partial charge on any atom is 0.335 e. The monoisotopic (exact) mass is 403 g/mol. The minimum atomic E-state index is -3.34. The Morgan fingerprint density at radius 3 is 2.57 bits per heavy atom. The van der Waals surface area contributed by atoms with Gasteiger partial charge in [-0.15, -0.1) is 0 Å². The lowest BCUT2D eigenvalue weighted by molar-refractivity contribution is 0.0697. The highest BCUT2D eigenvalue weighted by Crippen LogP contribution is 2.26. The molecule has 1 aliphatic rings. The van der Waals surface area contributed by atoms with Crippen molar-refractivity contribution in [2.45, 2.75) is 19.3 Å². The van der Waals surface area contributed by atoms with Gasteiger partial charge in [0.25, 0.3) is 10.2 Å². The van der Waals surface area contributed by atoms with E-state index in [9.17, 15) is 13.2 Å². The van der Waals surface area contributed by atoms with E-state index >= 15 is 0 Å². The standard InChI is InChI=1S/C20H25N3O4S/c1-22(2)28(26,27)23-10-7-15(8-11-23)12-16-6-9-21-19(13-16)17-4-3-5-18(14-17)20(24)25/h3-6,9,13-15H,7-8,10-12H2,1-2H3,(H,24,25). The number of hydrogen-bond acceptors (Lipinski definition) is 4. The van der Waals surface area contributed by atoms with E-state index in [4.69, 9.17) is 5.11 Å². The lowest BCUT2D eigenvalue weighted by Gasteiger charge is -2.32. The summed E-state index contributed by atoms with van der Waals surface area (Å²) in [6.07, 6.45) is 4.23. The first kappa shape index (κ1) is 20.4. The fraction of sp³-hybridized carbons (Fsp3) is 0.400. The van der Waals surface area contributed by atoms with Crippen LogP contribution in [0, 0.1) is 5.92 Å². The van der Waals surface area contributed by atoms with Gasteiger partial charge in [0, 0.05) is 38.9 Å². The third-order valence-electron chi connectivity index (χ3n) is 5.12. The predicted molar refractivity (Wildman–Crippen MR) is 107 cm³/mol. The zero-order valence-corrected chi connectivity index (χ0v) is 16.9. The number of rotatable bonds is 6. The van der Waals surface area contributed by atoms with Gasteiger partial charge in [-0.1, -0.05) is 12.1 Å². The van der Waals surface area contributed by atoms with E-state index in [0.29, 0.717) is 19.0 Å². The van der Waals surface area contributed by atoms with Crippen molar-refractivity contribution < 1.29 is 18.3 Å². The van der Waals surface area contributed by atoms with Crippen molar-refractivity contribution in [3.63, 3.8) is 0 Å². The van der Waals surface area contributed by atoms with E-state index in [0.717, 1.165) is 36.1 Å². The van der Waals surface area contributed by atoms with E-state index in [2.05, 4.69) is 4.98 Å². The fourth-order valence-electron chi connectivity index (χ4n) is 3.48. The largest absolute Gasteiger partial charge is 0.478 e. The molecule has 0 unspecified atom stereocenters. The van der Waals surface area contributed by atoms with Crippen LogP contribution in [0.5, 0.6) is 0 Å². The van der Waals surface area contributed by atoms with Gasteiger partial charge in [0.1, 0.15) is 0 Å². The summed E-state index contributed by atoms with van der Waals surface area (Å²) in [6, 6.07) is 10.7. The molecule has 150 valence electrons. The lowest BCUT2D eigenvalue weighted by atomic mass is 9.91. The number of pyridine rings is 1. The summed E-state index contributed by atoms with van der Waals surface area (Å²) >= 11 is 0. The van der Waals surface area contributed by atoms with E-state index in [1.165, 1.54) is 4.31 Å². The molecule has 0 amide bonds. The summed E-state index contributed by atoms with van der Waals surface area (Å²) in [7, 11) is -0.232. The number of carboxylic acid groups (broad SMARTS) is 1. The highest BCUT2D eigenvalue weighted by Gasteiger charge is 2.29. The van der Waals surface area contributed by atoms with Gasteiger partial charge < -0.3 is 5.11 Å². The van der Waals surface area contributed by atoms with Crippen LogP contribution < -0.4 is 0 Å². The number of nitrogens with zero attached hydrogens (tertiary/aromatic N) is 3. The number of carboxylic acids is 1. The zero-order valence-electron chi connectivity index (χ0n) is 16.1. The fourth-order valence-corrected chi connectivity index (χ4v) is 4.61. The van der Waals surface area contributed by atoms with Crippen molar-refractivity contribution in [3.05, 3.63) is 53.7 Å². The van der Waals surface area contributed by atoms with E-state index < -0.39 is 16.2 Å². The molecule has 0 atom stereocenters. The van der Waals surface area contributed by atoms with Crippen LogP contribution in [0.15, 0.2) is 42.6 Å². The molecule has 1 aromatic carbocycles. The van der Waals surface area contributed by atoms with Crippen molar-refractivity contribution in [1.29, 1.82) is 0 Å². The van der Waals surface area contributed by atoms with Crippen LogP contribution in [0.2, 0.25) is 0 Å². The van der Waals surface area contributed by atoms with E-state index in [-0.39, 0.29) is 5.56 Å². The van der Waals surface area contributed by atoms with Gasteiger partial charge in [0.05, 0.1) is 11.3 Å². The molecule has 1 fully saturated rings. The van der Waals surface area contributed by atoms with Gasteiger partial charge in [-0.25, -0.2) is 4.79 Å². The first-order chi connectivity index (χ1) is 13.3. The molecular weight excluding hydrogens is 378 g/mol. The molecule has 0 radical (unpaired) electrons. The van der Waals surface area contributed by atoms with Crippen LogP contribution in [0.25, 0.3) is 11.3 Å². The third kappa shape index (κ3) is 4.57. The normalized spacial score (nSPS) is 16.4. The van der Waals surface area contributed by atoms with Crippen molar-refractivity contribution in [3.8, 4) is 11.3 Å². The molecular formula is C20H25N3O4S. The minimum absolute atomic E-state index is 0.235. The van der Waals surface area contributed by atoms with E-state index in [1.54, 1.807) is 42.8 Å². The molecule has 28 heavy (non-hydrogen) atoms. The van der Waals surface area contributed by atoms with Crippen LogP contribution in [0.3, 0.4) is 0 Å². The van der Waals surface area contributed by atoms with Crippen molar-refractivity contribution in [2.24, 2.45) is 5.92 Å². The smallest absolute Gasteiger partial charge is 0.335 e. The first-order valence-electron chi connectivity index (χ1n) is 9.23. The number of carbonyl (C=O) groups is 1. The number of hydrogen-bond donors (Lipinski definition) is 1. The van der Waals surface area contributed by atoms with Gasteiger partial charge in [0.2, 0.25) is 0 Å². The van der Waals surface area contributed by atoms with Crippen LogP contribution in [0.4, 0.5) is 0 Å². The molecule has 8 heteroatoms. The molecule has 0 spiro atoms. The second-order valence-electron chi connectivity index (χ2n) is 7.27. The molecule has 1 N–H and O–H groups in total. The highest BCUT2D eigenvalue weighted by atomic mass is 32.2. The maximum atomic E-state index is 12.2. The Hall–Kier alpha value is -2.29. The average molecular weight is 404 g/mol. The summed E-state index contributed by atoms with van der Waals surface area (Å²) in [5.41, 5.74) is 2.88. The topological polar surface area (TPSA) is 90.8 Å². The Kier molecular flexibility index (Phi) is 6.12. The van der Waals surface area contributed by atoms with Crippen LogP contribution in [0.1, 0.15) is 28.8 Å². The zero-order chi connectivity index (χ0) is 20.3. The van der Waals surface area contributed by atoms with Crippen molar-refractivity contribution in [2.75, 3.05) is 27.2 Å². The van der Waals surface area contributed by atoms with Crippen molar-refractivity contribution >= 4 is 16.2 Å². The minimum Gasteiger partial charge on any atom is -0.478 e. The maximum absolute atomic E-state index is 12.2. The quantitative estimate of drug-likeness (QED) is 0.800. The Balaban J connectivity index is 1.68. The van der Waals surface area contributed by atoms with Crippen LogP contribution in [-0.4, -0.2) is 60.3 Å². The van der Waals surface area contributed by atoms with Gasteiger partial charge in [-0.3, -0.25) is 4.98 Å². The average Bonchev–Trinajstić information content (AvgIpc) is 2.68. The molecule has 0 saturated carbocycles. The molecule has 2 aromatic rings. The molecule has 2 heterocycles. The third-order valence-corrected chi connectivity index (χ3v) is 7.06. The Morgan fingerprint density at radius 2 is 1.93 bits per heavy atom. The number of benzene rings is 1. The molecule has 0 bridgehead atoms. The summed E-state index contributed by atoms with van der Waals surface area (Å²) in [5, 5.41) is 9.17. The Labute approximate surface area is 165 Å². The summed E-state index contributed by atoms with van der Waals surface area (Å²) in [4.78, 5) is 15.6. The van der Waals surface area contributed by atoms with Gasteiger partial charge in [-0.2, -0.15) is 17.0 Å². The van der Waals surface area contributed by atoms with Crippen LogP contribution >= 0.6 is 0 Å². The molecule has 1 aromatic heterocycles. The predicted octanol–water partition coefficient (Wildman–Crippen LogP) is 2.51. The second kappa shape index (κ2) is 8.38. The van der Waals surface area contributed by atoms with Crippen molar-refractivity contribution in [1.82, 2.24) is 13.6 Å². The molecule has 1 saturated heterocycles. The Morgan fingerprint density at radius 1 is 1.21 bits per heavy atom. The van der Waals surface area contributed by atoms with Crippen LogP contribution in [-0.2, 0) is 16.6 Å². The van der Waals surface area contributed by atoms with Gasteiger partial charge in [0.15, 0.2) is 0 Å². The Bertz CT molecular complexity index is 951. The summed E-state index contributed by atoms with van der Waals surface area (Å²) in [5.74, 6) is -0.549.